The molecular weight excluding hydrogens is 322 g/mol. The van der Waals surface area contributed by atoms with E-state index in [1.165, 1.54) is 0 Å². The van der Waals surface area contributed by atoms with E-state index in [0.717, 1.165) is 31.2 Å². The van der Waals surface area contributed by atoms with E-state index in [2.05, 4.69) is 15.5 Å². The van der Waals surface area contributed by atoms with Crippen LogP contribution in [0.15, 0.2) is 34.9 Å². The van der Waals surface area contributed by atoms with Gasteiger partial charge in [0.25, 0.3) is 5.89 Å². The van der Waals surface area contributed by atoms with E-state index in [1.807, 2.05) is 30.3 Å². The van der Waals surface area contributed by atoms with Crippen LogP contribution in [0, 0.1) is 5.92 Å². The van der Waals surface area contributed by atoms with Crippen LogP contribution in [-0.2, 0) is 20.9 Å². The Morgan fingerprint density at radius 1 is 1.24 bits per heavy atom. The zero-order valence-corrected chi connectivity index (χ0v) is 13.7. The molecule has 25 heavy (non-hydrogen) atoms. The zero-order chi connectivity index (χ0) is 17.3. The van der Waals surface area contributed by atoms with Crippen LogP contribution in [-0.4, -0.2) is 27.6 Å². The molecule has 4 rings (SSSR count). The van der Waals surface area contributed by atoms with Crippen molar-refractivity contribution in [2.75, 3.05) is 0 Å². The highest BCUT2D eigenvalue weighted by molar-refractivity contribution is 5.87. The van der Waals surface area contributed by atoms with Crippen molar-refractivity contribution in [3.8, 4) is 11.5 Å². The summed E-state index contributed by atoms with van der Waals surface area (Å²) in [7, 11) is 0. The number of hydrogen-bond acceptors (Lipinski definition) is 6. The van der Waals surface area contributed by atoms with Crippen molar-refractivity contribution in [3.63, 3.8) is 0 Å². The molecule has 1 atom stereocenters. The molecule has 1 aliphatic carbocycles. The Hall–Kier alpha value is -2.70. The molecule has 130 valence electrons. The van der Waals surface area contributed by atoms with Crippen molar-refractivity contribution >= 4 is 11.9 Å². The highest BCUT2D eigenvalue weighted by Gasteiger charge is 2.53. The van der Waals surface area contributed by atoms with Gasteiger partial charge in [-0.25, -0.2) is 0 Å². The van der Waals surface area contributed by atoms with E-state index in [4.69, 9.17) is 9.26 Å². The number of esters is 1. The highest BCUT2D eigenvalue weighted by Crippen LogP contribution is 2.45. The first-order valence-corrected chi connectivity index (χ1v) is 8.54. The van der Waals surface area contributed by atoms with Crippen molar-refractivity contribution in [2.45, 2.75) is 44.2 Å². The fraction of sp³-hybridized carbons (Fsp3) is 0.444. The fourth-order valence-electron chi connectivity index (χ4n) is 3.76. The van der Waals surface area contributed by atoms with Gasteiger partial charge in [-0.3, -0.25) is 9.59 Å². The van der Waals surface area contributed by atoms with Gasteiger partial charge in [-0.1, -0.05) is 23.4 Å². The number of aromatic nitrogens is 2. The maximum atomic E-state index is 12.6. The van der Waals surface area contributed by atoms with Crippen LogP contribution < -0.4 is 5.32 Å². The van der Waals surface area contributed by atoms with Gasteiger partial charge < -0.3 is 14.6 Å². The van der Waals surface area contributed by atoms with E-state index >= 15 is 0 Å². The zero-order valence-electron chi connectivity index (χ0n) is 13.7. The van der Waals surface area contributed by atoms with Crippen molar-refractivity contribution in [1.29, 1.82) is 0 Å². The van der Waals surface area contributed by atoms with Crippen molar-refractivity contribution in [1.82, 2.24) is 15.5 Å². The lowest BCUT2D eigenvalue weighted by molar-refractivity contribution is -0.150. The number of hydrogen-bond donors (Lipinski definition) is 1. The minimum absolute atomic E-state index is 0.146. The Balaban J connectivity index is 1.41. The largest absolute Gasteiger partial charge is 0.458 e. The predicted molar refractivity (Wildman–Crippen MR) is 87.0 cm³/mol. The summed E-state index contributed by atoms with van der Waals surface area (Å²) in [6.45, 7) is 0.163. The van der Waals surface area contributed by atoms with E-state index < -0.39 is 11.5 Å². The van der Waals surface area contributed by atoms with E-state index in [9.17, 15) is 9.59 Å². The Morgan fingerprint density at radius 2 is 2.00 bits per heavy atom. The first-order valence-electron chi connectivity index (χ1n) is 8.54. The molecule has 1 saturated carbocycles. The van der Waals surface area contributed by atoms with Crippen LogP contribution in [0.4, 0.5) is 0 Å². The lowest BCUT2D eigenvalue weighted by Crippen LogP contribution is -2.42. The Labute approximate surface area is 144 Å². The molecule has 1 aromatic heterocycles. The number of amides is 1. The summed E-state index contributed by atoms with van der Waals surface area (Å²) in [6, 6.07) is 9.44. The van der Waals surface area contributed by atoms with Gasteiger partial charge in [-0.2, -0.15) is 4.98 Å². The summed E-state index contributed by atoms with van der Waals surface area (Å²) >= 11 is 0. The molecule has 2 fully saturated rings. The van der Waals surface area contributed by atoms with Crippen molar-refractivity contribution < 1.29 is 18.8 Å². The molecule has 7 heteroatoms. The standard InChI is InChI=1S/C18H19N3O4/c22-15-10-13(18(24-15)8-4-5-9-18)16(23)19-11-14-20-17(25-21-14)12-6-2-1-3-7-12/h1-3,6-7,13H,4-5,8-11H2,(H,19,23). The summed E-state index contributed by atoms with van der Waals surface area (Å²) in [6.07, 6.45) is 3.65. The first-order chi connectivity index (χ1) is 12.2. The number of nitrogens with zero attached hydrogens (tertiary/aromatic N) is 2. The topological polar surface area (TPSA) is 94.3 Å². The van der Waals surface area contributed by atoms with Crippen molar-refractivity contribution in [2.24, 2.45) is 5.92 Å². The van der Waals surface area contributed by atoms with Gasteiger partial charge in [0.2, 0.25) is 5.91 Å². The van der Waals surface area contributed by atoms with Crippen LogP contribution in [0.3, 0.4) is 0 Å². The summed E-state index contributed by atoms with van der Waals surface area (Å²) in [5, 5.41) is 6.72. The third kappa shape index (κ3) is 3.01. The number of carbonyl (C=O) groups is 2. The molecule has 1 N–H and O–H groups in total. The number of carbonyl (C=O) groups excluding carboxylic acids is 2. The summed E-state index contributed by atoms with van der Waals surface area (Å²) in [5.74, 6) is -0.0795. The Morgan fingerprint density at radius 3 is 2.76 bits per heavy atom. The molecule has 7 nitrogen and oxygen atoms in total. The molecule has 1 amide bonds. The van der Waals surface area contributed by atoms with Gasteiger partial charge >= 0.3 is 5.97 Å². The SMILES string of the molecule is O=C1CC(C(=O)NCc2noc(-c3ccccc3)n2)C2(CCCC2)O1. The minimum atomic E-state index is -0.604. The third-order valence-electron chi connectivity index (χ3n) is 5.00. The molecule has 1 aromatic carbocycles. The maximum Gasteiger partial charge on any atom is 0.307 e. The quantitative estimate of drug-likeness (QED) is 0.857. The Bertz CT molecular complexity index is 781. The first kappa shape index (κ1) is 15.8. The van der Waals surface area contributed by atoms with Crippen LogP contribution in [0.2, 0.25) is 0 Å². The van der Waals surface area contributed by atoms with E-state index in [1.54, 1.807) is 0 Å². The van der Waals surface area contributed by atoms with E-state index in [-0.39, 0.29) is 24.8 Å². The average Bonchev–Trinajstić information content (AvgIpc) is 3.35. The third-order valence-corrected chi connectivity index (χ3v) is 5.00. The molecule has 1 saturated heterocycles. The van der Waals surface area contributed by atoms with Crippen LogP contribution >= 0.6 is 0 Å². The number of ether oxygens (including phenoxy) is 1. The van der Waals surface area contributed by atoms with Crippen LogP contribution in [0.1, 0.15) is 37.9 Å². The summed E-state index contributed by atoms with van der Waals surface area (Å²) in [4.78, 5) is 28.6. The van der Waals surface area contributed by atoms with Gasteiger partial charge in [0.15, 0.2) is 5.82 Å². The molecule has 2 aliphatic rings. The highest BCUT2D eigenvalue weighted by atomic mass is 16.6. The van der Waals surface area contributed by atoms with Gasteiger partial charge in [-0.05, 0) is 37.8 Å². The number of rotatable bonds is 4. The second-order valence-corrected chi connectivity index (χ2v) is 6.60. The molecular formula is C18H19N3O4. The smallest absolute Gasteiger partial charge is 0.307 e. The lowest BCUT2D eigenvalue weighted by atomic mass is 9.85. The summed E-state index contributed by atoms with van der Waals surface area (Å²) < 4.78 is 10.7. The van der Waals surface area contributed by atoms with Gasteiger partial charge in [0, 0.05) is 5.56 Å². The molecule has 2 aromatic rings. The van der Waals surface area contributed by atoms with Gasteiger partial charge in [0.05, 0.1) is 18.9 Å². The summed E-state index contributed by atoms with van der Waals surface area (Å²) in [5.41, 5.74) is 0.223. The number of nitrogens with one attached hydrogen (secondary N) is 1. The predicted octanol–water partition coefficient (Wildman–Crippen LogP) is 2.23. The molecule has 0 radical (unpaired) electrons. The molecule has 2 heterocycles. The molecule has 1 unspecified atom stereocenters. The lowest BCUT2D eigenvalue weighted by Gasteiger charge is -2.27. The molecule has 1 spiro atoms. The molecule has 0 bridgehead atoms. The maximum absolute atomic E-state index is 12.6. The second-order valence-electron chi connectivity index (χ2n) is 6.60. The van der Waals surface area contributed by atoms with Crippen LogP contribution in [0.5, 0.6) is 0 Å². The second kappa shape index (κ2) is 6.31. The average molecular weight is 341 g/mol. The normalized spacial score (nSPS) is 21.4. The van der Waals surface area contributed by atoms with Crippen LogP contribution in [0.25, 0.3) is 11.5 Å². The molecule has 1 aliphatic heterocycles. The minimum Gasteiger partial charge on any atom is -0.458 e. The fourth-order valence-corrected chi connectivity index (χ4v) is 3.76. The van der Waals surface area contributed by atoms with Crippen molar-refractivity contribution in [3.05, 3.63) is 36.2 Å². The van der Waals surface area contributed by atoms with Gasteiger partial charge in [0.1, 0.15) is 5.60 Å². The van der Waals surface area contributed by atoms with E-state index in [0.29, 0.717) is 11.7 Å². The van der Waals surface area contributed by atoms with Gasteiger partial charge in [-0.15, -0.1) is 0 Å². The Kier molecular flexibility index (Phi) is 3.99. The monoisotopic (exact) mass is 341 g/mol. The number of benzene rings is 1.